The van der Waals surface area contributed by atoms with Crippen molar-refractivity contribution < 1.29 is 14.9 Å². The Morgan fingerprint density at radius 2 is 2.06 bits per heavy atom. The van der Waals surface area contributed by atoms with Crippen molar-refractivity contribution >= 4 is 0 Å². The molecule has 1 aromatic rings. The summed E-state index contributed by atoms with van der Waals surface area (Å²) in [4.78, 5) is 0. The molecule has 0 bridgehead atoms. The van der Waals surface area contributed by atoms with Gasteiger partial charge in [-0.15, -0.1) is 0 Å². The van der Waals surface area contributed by atoms with Crippen LogP contribution in [0.5, 0.6) is 5.75 Å². The average Bonchev–Trinajstić information content (AvgIpc) is 2.68. The Hall–Kier alpha value is -1.06. The molecular weight excluding hydrogens is 204 g/mol. The summed E-state index contributed by atoms with van der Waals surface area (Å²) in [7, 11) is 0. The fourth-order valence-electron chi connectivity index (χ4n) is 2.15. The third-order valence-corrected chi connectivity index (χ3v) is 3.05. The van der Waals surface area contributed by atoms with Gasteiger partial charge in [-0.3, -0.25) is 0 Å². The fraction of sp³-hybridized carbons (Fsp3) is 0.538. The van der Waals surface area contributed by atoms with Crippen LogP contribution < -0.4 is 4.74 Å². The van der Waals surface area contributed by atoms with Crippen molar-refractivity contribution in [2.24, 2.45) is 0 Å². The monoisotopic (exact) mass is 222 g/mol. The Morgan fingerprint density at radius 1 is 1.25 bits per heavy atom. The van der Waals surface area contributed by atoms with Gasteiger partial charge in [0.25, 0.3) is 0 Å². The second-order valence-corrected chi connectivity index (χ2v) is 4.24. The SMILES string of the molecule is OCCc1ccccc1OC1CCCC1O. The molecule has 2 atom stereocenters. The van der Waals surface area contributed by atoms with Crippen molar-refractivity contribution in [3.05, 3.63) is 29.8 Å². The first-order valence-electron chi connectivity index (χ1n) is 5.84. The Balaban J connectivity index is 2.07. The molecule has 0 aromatic heterocycles. The summed E-state index contributed by atoms with van der Waals surface area (Å²) in [6.45, 7) is 0.119. The van der Waals surface area contributed by atoms with Crippen molar-refractivity contribution in [2.75, 3.05) is 6.61 Å². The van der Waals surface area contributed by atoms with Crippen LogP contribution in [0.1, 0.15) is 24.8 Å². The minimum atomic E-state index is -0.345. The molecule has 2 rings (SSSR count). The lowest BCUT2D eigenvalue weighted by Gasteiger charge is -2.19. The van der Waals surface area contributed by atoms with E-state index < -0.39 is 0 Å². The highest BCUT2D eigenvalue weighted by Crippen LogP contribution is 2.27. The molecule has 0 radical (unpaired) electrons. The van der Waals surface area contributed by atoms with Crippen LogP contribution in [0.2, 0.25) is 0 Å². The second kappa shape index (κ2) is 5.32. The van der Waals surface area contributed by atoms with Crippen molar-refractivity contribution in [1.82, 2.24) is 0 Å². The standard InChI is InChI=1S/C13H18O3/c14-9-8-10-4-1-2-6-12(10)16-13-7-3-5-11(13)15/h1-2,4,6,11,13-15H,3,5,7-9H2. The number of rotatable bonds is 4. The molecule has 3 nitrogen and oxygen atoms in total. The number of hydrogen-bond donors (Lipinski definition) is 2. The smallest absolute Gasteiger partial charge is 0.124 e. The van der Waals surface area contributed by atoms with Gasteiger partial charge < -0.3 is 14.9 Å². The first-order chi connectivity index (χ1) is 7.81. The maximum Gasteiger partial charge on any atom is 0.124 e. The molecule has 1 aromatic carbocycles. The molecule has 0 heterocycles. The van der Waals surface area contributed by atoms with Gasteiger partial charge in [0.15, 0.2) is 0 Å². The zero-order valence-corrected chi connectivity index (χ0v) is 9.30. The second-order valence-electron chi connectivity index (χ2n) is 4.24. The summed E-state index contributed by atoms with van der Waals surface area (Å²) in [5.74, 6) is 0.794. The minimum Gasteiger partial charge on any atom is -0.487 e. The summed E-state index contributed by atoms with van der Waals surface area (Å²) in [6, 6.07) is 7.70. The van der Waals surface area contributed by atoms with E-state index in [9.17, 15) is 5.11 Å². The van der Waals surface area contributed by atoms with Crippen molar-refractivity contribution in [3.8, 4) is 5.75 Å². The first-order valence-corrected chi connectivity index (χ1v) is 5.84. The first kappa shape index (κ1) is 11.4. The molecule has 2 unspecified atom stereocenters. The van der Waals surface area contributed by atoms with Crippen LogP contribution in [0, 0.1) is 0 Å². The highest BCUT2D eigenvalue weighted by atomic mass is 16.5. The molecule has 16 heavy (non-hydrogen) atoms. The van der Waals surface area contributed by atoms with Gasteiger partial charge in [0.1, 0.15) is 11.9 Å². The Kier molecular flexibility index (Phi) is 3.80. The minimum absolute atomic E-state index is 0.0835. The van der Waals surface area contributed by atoms with Crippen molar-refractivity contribution in [3.63, 3.8) is 0 Å². The number of benzene rings is 1. The lowest BCUT2D eigenvalue weighted by Crippen LogP contribution is -2.26. The van der Waals surface area contributed by atoms with E-state index >= 15 is 0 Å². The van der Waals surface area contributed by atoms with Gasteiger partial charge in [-0.05, 0) is 37.3 Å². The number of ether oxygens (including phenoxy) is 1. The van der Waals surface area contributed by atoms with Crippen LogP contribution in [0.25, 0.3) is 0 Å². The number of para-hydroxylation sites is 1. The normalized spacial score (nSPS) is 24.6. The summed E-state index contributed by atoms with van der Waals surface area (Å²) in [5, 5.41) is 18.6. The molecule has 1 fully saturated rings. The number of aliphatic hydroxyl groups excluding tert-OH is 2. The van der Waals surface area contributed by atoms with Gasteiger partial charge in [-0.2, -0.15) is 0 Å². The lowest BCUT2D eigenvalue weighted by atomic mass is 10.1. The van der Waals surface area contributed by atoms with E-state index in [1.54, 1.807) is 0 Å². The summed E-state index contributed by atoms with van der Waals surface area (Å²) in [6.07, 6.45) is 2.93. The maximum atomic E-state index is 9.70. The van der Waals surface area contributed by atoms with Crippen LogP contribution in [0.3, 0.4) is 0 Å². The van der Waals surface area contributed by atoms with E-state index in [0.29, 0.717) is 6.42 Å². The highest BCUT2D eigenvalue weighted by Gasteiger charge is 2.27. The molecule has 0 amide bonds. The van der Waals surface area contributed by atoms with Crippen LogP contribution in [0.15, 0.2) is 24.3 Å². The van der Waals surface area contributed by atoms with E-state index in [0.717, 1.165) is 30.6 Å². The van der Waals surface area contributed by atoms with Gasteiger partial charge in [0.05, 0.1) is 6.10 Å². The Morgan fingerprint density at radius 3 is 2.75 bits per heavy atom. The van der Waals surface area contributed by atoms with Crippen LogP contribution in [-0.2, 0) is 6.42 Å². The molecule has 0 aliphatic heterocycles. The van der Waals surface area contributed by atoms with E-state index in [-0.39, 0.29) is 18.8 Å². The highest BCUT2D eigenvalue weighted by molar-refractivity contribution is 5.33. The molecule has 1 aliphatic rings. The van der Waals surface area contributed by atoms with Gasteiger partial charge in [0, 0.05) is 6.61 Å². The van der Waals surface area contributed by atoms with E-state index in [2.05, 4.69) is 0 Å². The van der Waals surface area contributed by atoms with Gasteiger partial charge in [-0.1, -0.05) is 18.2 Å². The largest absolute Gasteiger partial charge is 0.487 e. The Bertz CT molecular complexity index is 338. The molecule has 1 aliphatic carbocycles. The van der Waals surface area contributed by atoms with Crippen molar-refractivity contribution in [1.29, 1.82) is 0 Å². The number of aliphatic hydroxyl groups is 2. The molecule has 0 saturated heterocycles. The molecule has 88 valence electrons. The Labute approximate surface area is 95.7 Å². The summed E-state index contributed by atoms with van der Waals surface area (Å²) in [5.41, 5.74) is 1.00. The zero-order valence-electron chi connectivity index (χ0n) is 9.30. The van der Waals surface area contributed by atoms with Gasteiger partial charge in [0.2, 0.25) is 0 Å². The van der Waals surface area contributed by atoms with E-state index in [1.807, 2.05) is 24.3 Å². The number of hydrogen-bond acceptors (Lipinski definition) is 3. The van der Waals surface area contributed by atoms with Crippen LogP contribution in [-0.4, -0.2) is 29.0 Å². The van der Waals surface area contributed by atoms with Crippen LogP contribution >= 0.6 is 0 Å². The predicted octanol–water partition coefficient (Wildman–Crippen LogP) is 1.51. The molecule has 3 heteroatoms. The average molecular weight is 222 g/mol. The third-order valence-electron chi connectivity index (χ3n) is 3.05. The van der Waals surface area contributed by atoms with Crippen LogP contribution in [0.4, 0.5) is 0 Å². The lowest BCUT2D eigenvalue weighted by molar-refractivity contribution is 0.0596. The van der Waals surface area contributed by atoms with E-state index in [4.69, 9.17) is 9.84 Å². The fourth-order valence-corrected chi connectivity index (χ4v) is 2.15. The quantitative estimate of drug-likeness (QED) is 0.812. The molecule has 0 spiro atoms. The predicted molar refractivity (Wildman–Crippen MR) is 61.5 cm³/mol. The molecule has 1 saturated carbocycles. The zero-order chi connectivity index (χ0) is 11.4. The van der Waals surface area contributed by atoms with Gasteiger partial charge in [-0.25, -0.2) is 0 Å². The van der Waals surface area contributed by atoms with Crippen molar-refractivity contribution in [2.45, 2.75) is 37.9 Å². The van der Waals surface area contributed by atoms with E-state index in [1.165, 1.54) is 0 Å². The third kappa shape index (κ3) is 2.54. The molecular formula is C13H18O3. The summed E-state index contributed by atoms with van der Waals surface area (Å²) >= 11 is 0. The van der Waals surface area contributed by atoms with Gasteiger partial charge >= 0.3 is 0 Å². The topological polar surface area (TPSA) is 49.7 Å². The maximum absolute atomic E-state index is 9.70. The molecule has 2 N–H and O–H groups in total. The summed E-state index contributed by atoms with van der Waals surface area (Å²) < 4.78 is 5.81.